The number of H-pyrrole nitrogens is 1. The second-order valence-electron chi connectivity index (χ2n) is 3.27. The topological polar surface area (TPSA) is 99.3 Å². The Hall–Kier alpha value is -1.38. The molecule has 0 aliphatic rings. The number of pyridine rings is 1. The van der Waals surface area contributed by atoms with Crippen molar-refractivity contribution in [1.82, 2.24) is 10.3 Å². The summed E-state index contributed by atoms with van der Waals surface area (Å²) >= 11 is 2.01. The Morgan fingerprint density at radius 1 is 1.53 bits per heavy atom. The SMILES string of the molecule is CCc1[nH]c(=O)c(C(=O)NCC(=O)O)cc1I. The summed E-state index contributed by atoms with van der Waals surface area (Å²) in [7, 11) is 0. The van der Waals surface area contributed by atoms with Crippen molar-refractivity contribution in [2.75, 3.05) is 6.54 Å². The number of nitrogens with one attached hydrogen (secondary N) is 2. The average Bonchev–Trinajstić information content (AvgIpc) is 2.28. The number of amides is 1. The van der Waals surface area contributed by atoms with Crippen molar-refractivity contribution in [3.63, 3.8) is 0 Å². The lowest BCUT2D eigenvalue weighted by Crippen LogP contribution is -2.33. The normalized spacial score (nSPS) is 10.0. The molecule has 0 spiro atoms. The van der Waals surface area contributed by atoms with E-state index in [1.165, 1.54) is 6.07 Å². The van der Waals surface area contributed by atoms with Gasteiger partial charge in [-0.2, -0.15) is 0 Å². The van der Waals surface area contributed by atoms with Gasteiger partial charge in [0.15, 0.2) is 0 Å². The van der Waals surface area contributed by atoms with Crippen LogP contribution in [0.2, 0.25) is 0 Å². The van der Waals surface area contributed by atoms with E-state index in [1.807, 2.05) is 29.5 Å². The van der Waals surface area contributed by atoms with Gasteiger partial charge in [0, 0.05) is 9.26 Å². The summed E-state index contributed by atoms with van der Waals surface area (Å²) in [6.07, 6.45) is 0.657. The maximum Gasteiger partial charge on any atom is 0.322 e. The van der Waals surface area contributed by atoms with Crippen LogP contribution in [-0.4, -0.2) is 28.5 Å². The van der Waals surface area contributed by atoms with E-state index in [2.05, 4.69) is 10.3 Å². The van der Waals surface area contributed by atoms with Gasteiger partial charge in [-0.3, -0.25) is 14.4 Å². The largest absolute Gasteiger partial charge is 0.480 e. The number of carbonyl (C=O) groups is 2. The van der Waals surface area contributed by atoms with Gasteiger partial charge in [0.1, 0.15) is 12.1 Å². The molecule has 6 nitrogen and oxygen atoms in total. The quantitative estimate of drug-likeness (QED) is 0.683. The Kier molecular flexibility index (Phi) is 4.67. The summed E-state index contributed by atoms with van der Waals surface area (Å²) in [6.45, 7) is 1.38. The van der Waals surface area contributed by atoms with Crippen LogP contribution in [0.1, 0.15) is 23.0 Å². The molecule has 1 aromatic heterocycles. The highest BCUT2D eigenvalue weighted by Crippen LogP contribution is 2.09. The molecule has 1 heterocycles. The average molecular weight is 350 g/mol. The number of aliphatic carboxylic acids is 1. The van der Waals surface area contributed by atoms with Gasteiger partial charge in [0.05, 0.1) is 0 Å². The fourth-order valence-corrected chi connectivity index (χ4v) is 2.05. The van der Waals surface area contributed by atoms with Crippen LogP contribution < -0.4 is 10.9 Å². The minimum absolute atomic E-state index is 0.0761. The zero-order valence-corrected chi connectivity index (χ0v) is 11.2. The van der Waals surface area contributed by atoms with Crippen LogP contribution >= 0.6 is 22.6 Å². The molecule has 1 rings (SSSR count). The molecule has 0 aromatic carbocycles. The molecule has 0 bridgehead atoms. The van der Waals surface area contributed by atoms with Crippen LogP contribution in [0.4, 0.5) is 0 Å². The molecule has 0 fully saturated rings. The highest BCUT2D eigenvalue weighted by atomic mass is 127. The number of aromatic amines is 1. The molecule has 1 amide bonds. The predicted octanol–water partition coefficient (Wildman–Crippen LogP) is 0.356. The molecule has 0 radical (unpaired) electrons. The summed E-state index contributed by atoms with van der Waals surface area (Å²) in [5, 5.41) is 10.6. The van der Waals surface area contributed by atoms with E-state index in [4.69, 9.17) is 5.11 Å². The second-order valence-corrected chi connectivity index (χ2v) is 4.43. The summed E-state index contributed by atoms with van der Waals surface area (Å²) in [4.78, 5) is 36.0. The van der Waals surface area contributed by atoms with Gasteiger partial charge in [-0.1, -0.05) is 6.92 Å². The van der Waals surface area contributed by atoms with E-state index < -0.39 is 24.0 Å². The fraction of sp³-hybridized carbons (Fsp3) is 0.300. The van der Waals surface area contributed by atoms with Gasteiger partial charge in [0.2, 0.25) is 0 Å². The van der Waals surface area contributed by atoms with Gasteiger partial charge < -0.3 is 15.4 Å². The molecular weight excluding hydrogens is 339 g/mol. The number of hydrogen-bond donors (Lipinski definition) is 3. The third-order valence-corrected chi connectivity index (χ3v) is 3.03. The van der Waals surface area contributed by atoms with Crippen molar-refractivity contribution in [2.45, 2.75) is 13.3 Å². The van der Waals surface area contributed by atoms with E-state index in [9.17, 15) is 14.4 Å². The zero-order chi connectivity index (χ0) is 13.0. The first-order valence-corrected chi connectivity index (χ1v) is 5.95. The molecule has 0 unspecified atom stereocenters. The maximum atomic E-state index is 11.6. The number of hydrogen-bond acceptors (Lipinski definition) is 3. The summed E-state index contributed by atoms with van der Waals surface area (Å²) in [6, 6.07) is 1.45. The van der Waals surface area contributed by atoms with Crippen molar-refractivity contribution in [3.05, 3.63) is 31.2 Å². The Labute approximate surface area is 111 Å². The van der Waals surface area contributed by atoms with Crippen LogP contribution in [0.5, 0.6) is 0 Å². The lowest BCUT2D eigenvalue weighted by Gasteiger charge is -2.05. The first-order chi connectivity index (χ1) is 7.95. The molecule has 92 valence electrons. The number of carboxylic acids is 1. The minimum atomic E-state index is -1.16. The van der Waals surface area contributed by atoms with Gasteiger partial charge in [-0.05, 0) is 35.1 Å². The predicted molar refractivity (Wildman–Crippen MR) is 69.1 cm³/mol. The number of halogens is 1. The lowest BCUT2D eigenvalue weighted by molar-refractivity contribution is -0.135. The highest BCUT2D eigenvalue weighted by Gasteiger charge is 2.13. The van der Waals surface area contributed by atoms with Gasteiger partial charge >= 0.3 is 5.97 Å². The molecule has 7 heteroatoms. The number of carbonyl (C=O) groups excluding carboxylic acids is 1. The first-order valence-electron chi connectivity index (χ1n) is 4.87. The van der Waals surface area contributed by atoms with E-state index >= 15 is 0 Å². The standard InChI is InChI=1S/C10H11IN2O4/c1-2-7-6(11)3-5(10(17)13-7)9(16)12-4-8(14)15/h3H,2,4H2,1H3,(H,12,16)(H,13,17)(H,14,15). The number of aromatic nitrogens is 1. The zero-order valence-electron chi connectivity index (χ0n) is 9.04. The molecule has 0 aliphatic heterocycles. The smallest absolute Gasteiger partial charge is 0.322 e. The van der Waals surface area contributed by atoms with E-state index in [0.717, 1.165) is 9.26 Å². The molecule has 3 N–H and O–H groups in total. The Bertz CT molecular complexity index is 510. The summed E-state index contributed by atoms with van der Waals surface area (Å²) in [5.41, 5.74) is 0.170. The molecule has 0 saturated carbocycles. The van der Waals surface area contributed by atoms with Gasteiger partial charge in [0.25, 0.3) is 11.5 Å². The van der Waals surface area contributed by atoms with Crippen molar-refractivity contribution in [1.29, 1.82) is 0 Å². The first kappa shape index (κ1) is 13.7. The maximum absolute atomic E-state index is 11.6. The Morgan fingerprint density at radius 2 is 2.18 bits per heavy atom. The van der Waals surface area contributed by atoms with Crippen LogP contribution in [-0.2, 0) is 11.2 Å². The summed E-state index contributed by atoms with van der Waals surface area (Å²) < 4.78 is 0.769. The lowest BCUT2D eigenvalue weighted by atomic mass is 10.2. The molecule has 0 aliphatic carbocycles. The van der Waals surface area contributed by atoms with Crippen molar-refractivity contribution in [2.24, 2.45) is 0 Å². The van der Waals surface area contributed by atoms with E-state index in [-0.39, 0.29) is 5.56 Å². The van der Waals surface area contributed by atoms with Crippen LogP contribution in [0, 0.1) is 3.57 Å². The highest BCUT2D eigenvalue weighted by molar-refractivity contribution is 14.1. The molecule has 0 atom stereocenters. The molecule has 1 aromatic rings. The number of rotatable bonds is 4. The number of aryl methyl sites for hydroxylation is 1. The van der Waals surface area contributed by atoms with E-state index in [0.29, 0.717) is 6.42 Å². The fourth-order valence-electron chi connectivity index (χ4n) is 1.22. The van der Waals surface area contributed by atoms with Gasteiger partial charge in [-0.25, -0.2) is 0 Å². The number of carboxylic acid groups (broad SMARTS) is 1. The Morgan fingerprint density at radius 3 is 2.71 bits per heavy atom. The summed E-state index contributed by atoms with van der Waals surface area (Å²) in [5.74, 6) is -1.84. The van der Waals surface area contributed by atoms with Crippen molar-refractivity contribution >= 4 is 34.5 Å². The van der Waals surface area contributed by atoms with Crippen molar-refractivity contribution in [3.8, 4) is 0 Å². The van der Waals surface area contributed by atoms with Crippen molar-refractivity contribution < 1.29 is 14.7 Å². The van der Waals surface area contributed by atoms with Crippen LogP contribution in [0.3, 0.4) is 0 Å². The Balaban J connectivity index is 2.99. The minimum Gasteiger partial charge on any atom is -0.480 e. The van der Waals surface area contributed by atoms with Crippen LogP contribution in [0.15, 0.2) is 10.9 Å². The molecular formula is C10H11IN2O4. The third kappa shape index (κ3) is 3.55. The third-order valence-electron chi connectivity index (χ3n) is 2.07. The second kappa shape index (κ2) is 5.80. The van der Waals surface area contributed by atoms with Gasteiger partial charge in [-0.15, -0.1) is 0 Å². The molecule has 17 heavy (non-hydrogen) atoms. The van der Waals surface area contributed by atoms with E-state index in [1.54, 1.807) is 0 Å². The monoisotopic (exact) mass is 350 g/mol. The molecule has 0 saturated heterocycles. The van der Waals surface area contributed by atoms with Crippen LogP contribution in [0.25, 0.3) is 0 Å².